The van der Waals surface area contributed by atoms with Crippen LogP contribution in [0.15, 0.2) is 15.8 Å². The minimum Gasteiger partial charge on any atom is -0.463 e. The first-order valence-electron chi connectivity index (χ1n) is 5.97. The first-order chi connectivity index (χ1) is 9.81. The molecule has 3 N–H and O–H groups in total. The topological polar surface area (TPSA) is 131 Å². The van der Waals surface area contributed by atoms with Crippen molar-refractivity contribution in [1.82, 2.24) is 9.55 Å². The number of aromatic nitrogens is 2. The van der Waals surface area contributed by atoms with Crippen LogP contribution in [0.5, 0.6) is 0 Å². The number of hydrogen-bond acceptors (Lipinski definition) is 7. The van der Waals surface area contributed by atoms with Crippen molar-refractivity contribution in [3.05, 3.63) is 32.9 Å². The molecule has 116 valence electrons. The number of carbonyl (C=O) groups is 1. The Balaban J connectivity index is 2.25. The highest BCUT2D eigenvalue weighted by atomic mass is 19.1. The molecule has 21 heavy (non-hydrogen) atoms. The Labute approximate surface area is 116 Å². The molecule has 0 bridgehead atoms. The van der Waals surface area contributed by atoms with E-state index in [-0.39, 0.29) is 6.61 Å². The van der Waals surface area contributed by atoms with Gasteiger partial charge in [0.1, 0.15) is 24.9 Å². The molecule has 1 aliphatic rings. The molecule has 0 radical (unpaired) electrons. The number of aromatic amines is 1. The van der Waals surface area contributed by atoms with E-state index in [1.165, 1.54) is 0 Å². The van der Waals surface area contributed by atoms with Gasteiger partial charge in [0, 0.05) is 6.92 Å². The van der Waals surface area contributed by atoms with Gasteiger partial charge in [0.05, 0.1) is 6.20 Å². The van der Waals surface area contributed by atoms with Crippen molar-refractivity contribution in [3.63, 3.8) is 0 Å². The summed E-state index contributed by atoms with van der Waals surface area (Å²) in [4.78, 5) is 34.9. The molecule has 1 aromatic rings. The van der Waals surface area contributed by atoms with E-state index in [4.69, 9.17) is 4.74 Å². The molecule has 2 heterocycles. The molecule has 9 nitrogen and oxygen atoms in total. The summed E-state index contributed by atoms with van der Waals surface area (Å²) in [5.41, 5.74) is -2.22. The number of hydrogen-bond donors (Lipinski definition) is 3. The van der Waals surface area contributed by atoms with Crippen molar-refractivity contribution in [3.8, 4) is 0 Å². The Morgan fingerprint density at radius 3 is 2.76 bits per heavy atom. The van der Waals surface area contributed by atoms with Crippen LogP contribution in [0.3, 0.4) is 0 Å². The van der Waals surface area contributed by atoms with Crippen LogP contribution < -0.4 is 11.2 Å². The molecule has 1 fully saturated rings. The zero-order valence-electron chi connectivity index (χ0n) is 10.9. The maximum atomic E-state index is 13.2. The quantitative estimate of drug-likeness (QED) is 0.543. The summed E-state index contributed by atoms with van der Waals surface area (Å²) in [6.07, 6.45) is -4.95. The maximum absolute atomic E-state index is 13.2. The second-order valence-electron chi connectivity index (χ2n) is 4.49. The summed E-state index contributed by atoms with van der Waals surface area (Å²) in [7, 11) is 0. The smallest absolute Gasteiger partial charge is 0.330 e. The van der Waals surface area contributed by atoms with Crippen molar-refractivity contribution in [2.45, 2.75) is 31.5 Å². The largest absolute Gasteiger partial charge is 0.463 e. The van der Waals surface area contributed by atoms with Crippen molar-refractivity contribution in [1.29, 1.82) is 0 Å². The van der Waals surface area contributed by atoms with Crippen LogP contribution in [0, 0.1) is 5.82 Å². The first kappa shape index (κ1) is 15.4. The number of halogens is 1. The van der Waals surface area contributed by atoms with Gasteiger partial charge in [-0.25, -0.2) is 4.79 Å². The van der Waals surface area contributed by atoms with Crippen molar-refractivity contribution < 1.29 is 28.9 Å². The lowest BCUT2D eigenvalue weighted by molar-refractivity contribution is -0.147. The number of carbonyl (C=O) groups excluding carboxylic acids is 1. The van der Waals surface area contributed by atoms with Gasteiger partial charge in [-0.05, 0) is 0 Å². The molecule has 4 atom stereocenters. The van der Waals surface area contributed by atoms with Crippen LogP contribution in [0.25, 0.3) is 0 Å². The summed E-state index contributed by atoms with van der Waals surface area (Å²) < 4.78 is 23.7. The fourth-order valence-corrected chi connectivity index (χ4v) is 1.95. The summed E-state index contributed by atoms with van der Waals surface area (Å²) in [5, 5.41) is 19.6. The Hall–Kier alpha value is -2.04. The summed E-state index contributed by atoms with van der Waals surface area (Å²) >= 11 is 0. The lowest BCUT2D eigenvalue weighted by atomic mass is 10.1. The number of H-pyrrole nitrogens is 1. The molecule has 0 amide bonds. The molecule has 2 rings (SSSR count). The summed E-state index contributed by atoms with van der Waals surface area (Å²) in [5.74, 6) is -1.86. The van der Waals surface area contributed by atoms with Crippen LogP contribution in [0.2, 0.25) is 0 Å². The first-order valence-corrected chi connectivity index (χ1v) is 5.97. The van der Waals surface area contributed by atoms with E-state index in [9.17, 15) is 29.0 Å². The zero-order valence-corrected chi connectivity index (χ0v) is 10.9. The Bertz CT molecular complexity index is 655. The highest BCUT2D eigenvalue weighted by Crippen LogP contribution is 2.28. The number of rotatable bonds is 3. The molecule has 1 saturated heterocycles. The van der Waals surface area contributed by atoms with E-state index in [0.29, 0.717) is 10.8 Å². The number of nitrogens with zero attached hydrogens (tertiary/aromatic N) is 1. The number of aliphatic hydroxyl groups excluding tert-OH is 2. The third kappa shape index (κ3) is 3.01. The summed E-state index contributed by atoms with van der Waals surface area (Å²) in [6.45, 7) is 0.807. The average Bonchev–Trinajstić information content (AvgIpc) is 2.68. The van der Waals surface area contributed by atoms with Gasteiger partial charge in [0.25, 0.3) is 5.56 Å². The molecule has 0 unspecified atom stereocenters. The maximum Gasteiger partial charge on any atom is 0.330 e. The van der Waals surface area contributed by atoms with Gasteiger partial charge in [-0.15, -0.1) is 0 Å². The monoisotopic (exact) mass is 304 g/mol. The highest BCUT2D eigenvalue weighted by Gasteiger charge is 2.44. The predicted octanol–water partition coefficient (Wildman–Crippen LogP) is -2.14. The third-order valence-electron chi connectivity index (χ3n) is 2.99. The molecule has 0 aromatic carbocycles. The minimum absolute atomic E-state index is 0.343. The van der Waals surface area contributed by atoms with E-state index in [1.54, 1.807) is 4.98 Å². The van der Waals surface area contributed by atoms with Crippen molar-refractivity contribution >= 4 is 5.97 Å². The van der Waals surface area contributed by atoms with E-state index in [0.717, 1.165) is 6.92 Å². The molecule has 1 aliphatic heterocycles. The zero-order chi connectivity index (χ0) is 15.7. The van der Waals surface area contributed by atoms with Gasteiger partial charge >= 0.3 is 11.7 Å². The van der Waals surface area contributed by atoms with Gasteiger partial charge < -0.3 is 19.7 Å². The number of nitrogens with one attached hydrogen (secondary N) is 1. The van der Waals surface area contributed by atoms with Crippen molar-refractivity contribution in [2.75, 3.05) is 6.61 Å². The SMILES string of the molecule is CC(=O)OC[C@H]1O[C@@H](n2cc(F)c(=O)[nH]c2=O)[C@H](O)[C@@H]1O. The molecule has 0 aliphatic carbocycles. The average molecular weight is 304 g/mol. The molecule has 10 heteroatoms. The van der Waals surface area contributed by atoms with Crippen LogP contribution in [-0.4, -0.2) is 50.7 Å². The van der Waals surface area contributed by atoms with E-state index < -0.39 is 47.6 Å². The van der Waals surface area contributed by atoms with Gasteiger partial charge in [-0.3, -0.25) is 19.1 Å². The van der Waals surface area contributed by atoms with Gasteiger partial charge in [-0.1, -0.05) is 0 Å². The Kier molecular flexibility index (Phi) is 4.21. The van der Waals surface area contributed by atoms with Gasteiger partial charge in [-0.2, -0.15) is 4.39 Å². The van der Waals surface area contributed by atoms with Crippen LogP contribution >= 0.6 is 0 Å². The van der Waals surface area contributed by atoms with E-state index in [2.05, 4.69) is 4.74 Å². The highest BCUT2D eigenvalue weighted by molar-refractivity contribution is 5.65. The molecular formula is C11H13FN2O7. The Morgan fingerprint density at radius 2 is 2.14 bits per heavy atom. The van der Waals surface area contributed by atoms with E-state index >= 15 is 0 Å². The van der Waals surface area contributed by atoms with Gasteiger partial charge in [0.15, 0.2) is 6.23 Å². The Morgan fingerprint density at radius 1 is 1.48 bits per heavy atom. The lowest BCUT2D eigenvalue weighted by Crippen LogP contribution is -2.38. The third-order valence-corrected chi connectivity index (χ3v) is 2.99. The molecule has 0 saturated carbocycles. The minimum atomic E-state index is -1.56. The lowest BCUT2D eigenvalue weighted by Gasteiger charge is -2.16. The fourth-order valence-electron chi connectivity index (χ4n) is 1.95. The van der Waals surface area contributed by atoms with Crippen LogP contribution in [0.1, 0.15) is 13.2 Å². The predicted molar refractivity (Wildman–Crippen MR) is 63.8 cm³/mol. The second kappa shape index (κ2) is 5.76. The molecular weight excluding hydrogens is 291 g/mol. The van der Waals surface area contributed by atoms with Crippen LogP contribution in [-0.2, 0) is 14.3 Å². The molecule has 0 spiro atoms. The summed E-state index contributed by atoms with van der Waals surface area (Å²) in [6, 6.07) is 0. The molecule has 1 aromatic heterocycles. The standard InChI is InChI=1S/C11H13FN2O7/c1-4(15)20-3-6-7(16)8(17)10(21-6)14-2-5(12)9(18)13-11(14)19/h2,6-8,10,16-17H,3H2,1H3,(H,13,18,19)/t6-,7-,8-,10-/m1/s1. The number of aliphatic hydroxyl groups is 2. The van der Waals surface area contributed by atoms with E-state index in [1.807, 2.05) is 0 Å². The second-order valence-corrected chi connectivity index (χ2v) is 4.49. The fraction of sp³-hybridized carbons (Fsp3) is 0.545. The van der Waals surface area contributed by atoms with Crippen molar-refractivity contribution in [2.24, 2.45) is 0 Å². The number of ether oxygens (including phenoxy) is 2. The normalized spacial score (nSPS) is 28.6. The van der Waals surface area contributed by atoms with Gasteiger partial charge in [0.2, 0.25) is 5.82 Å². The van der Waals surface area contributed by atoms with Crippen LogP contribution in [0.4, 0.5) is 4.39 Å². The number of esters is 1.